The highest BCUT2D eigenvalue weighted by Crippen LogP contribution is 2.52. The maximum Gasteiger partial charge on any atom is 0.0656 e. The molecule has 0 unspecified atom stereocenters. The van der Waals surface area contributed by atoms with Crippen molar-refractivity contribution in [1.29, 1.82) is 0 Å². The number of para-hydroxylation sites is 5. The molecule has 0 saturated carbocycles. The zero-order valence-corrected chi connectivity index (χ0v) is 32.3. The molecule has 272 valence electrons. The van der Waals surface area contributed by atoms with E-state index in [1.54, 1.807) is 0 Å². The van der Waals surface area contributed by atoms with E-state index in [0.29, 0.717) is 0 Å². The average Bonchev–Trinajstić information content (AvgIpc) is 3.96. The number of nitrogens with zero attached hydrogens (tertiary/aromatic N) is 3. The van der Waals surface area contributed by atoms with Crippen molar-refractivity contribution in [1.82, 2.24) is 9.13 Å². The minimum absolute atomic E-state index is 1.10. The number of rotatable bonds is 6. The largest absolute Gasteiger partial charge is 0.310 e. The van der Waals surface area contributed by atoms with Gasteiger partial charge >= 0.3 is 0 Å². The van der Waals surface area contributed by atoms with Crippen LogP contribution in [0.5, 0.6) is 0 Å². The summed E-state index contributed by atoms with van der Waals surface area (Å²) in [7, 11) is 0. The first-order chi connectivity index (χ1) is 28.8. The van der Waals surface area contributed by atoms with Crippen molar-refractivity contribution < 1.29 is 0 Å². The van der Waals surface area contributed by atoms with Crippen LogP contribution in [0.2, 0.25) is 0 Å². The smallest absolute Gasteiger partial charge is 0.0656 e. The Morgan fingerprint density at radius 1 is 0.379 bits per heavy atom. The van der Waals surface area contributed by atoms with Crippen LogP contribution in [-0.2, 0) is 0 Å². The lowest BCUT2D eigenvalue weighted by molar-refractivity contribution is 1.18. The van der Waals surface area contributed by atoms with Gasteiger partial charge in [0.25, 0.3) is 0 Å². The molecule has 0 aliphatic heterocycles. The van der Waals surface area contributed by atoms with E-state index >= 15 is 0 Å². The van der Waals surface area contributed by atoms with Crippen molar-refractivity contribution in [3.63, 3.8) is 0 Å². The molecule has 4 heteroatoms. The van der Waals surface area contributed by atoms with Gasteiger partial charge in [-0.15, -0.1) is 11.3 Å². The van der Waals surface area contributed by atoms with Crippen molar-refractivity contribution in [3.05, 3.63) is 212 Å². The predicted octanol–water partition coefficient (Wildman–Crippen LogP) is 15.4. The molecule has 12 rings (SSSR count). The highest BCUT2D eigenvalue weighted by molar-refractivity contribution is 7.27. The van der Waals surface area contributed by atoms with E-state index in [2.05, 4.69) is 226 Å². The first-order valence-corrected chi connectivity index (χ1v) is 20.6. The summed E-state index contributed by atoms with van der Waals surface area (Å²) in [6.07, 6.45) is 0. The summed E-state index contributed by atoms with van der Waals surface area (Å²) in [4.78, 5) is 2.43. The number of thiophene rings is 1. The van der Waals surface area contributed by atoms with Crippen molar-refractivity contribution in [2.45, 2.75) is 0 Å². The highest BCUT2D eigenvalue weighted by Gasteiger charge is 2.28. The normalized spacial score (nSPS) is 11.8. The van der Waals surface area contributed by atoms with E-state index in [1.165, 1.54) is 74.9 Å². The molecular weight excluding hydrogens is 723 g/mol. The first kappa shape index (κ1) is 32.8. The second kappa shape index (κ2) is 13.1. The second-order valence-electron chi connectivity index (χ2n) is 14.9. The van der Waals surface area contributed by atoms with E-state index in [-0.39, 0.29) is 0 Å². The molecule has 0 aliphatic rings. The summed E-state index contributed by atoms with van der Waals surface area (Å²) in [6, 6.07) is 77.1. The fraction of sp³-hybridized carbons (Fsp3) is 0. The Hall–Kier alpha value is -7.40. The van der Waals surface area contributed by atoms with Gasteiger partial charge in [0.2, 0.25) is 0 Å². The van der Waals surface area contributed by atoms with Crippen molar-refractivity contribution in [3.8, 4) is 22.5 Å². The molecule has 3 nitrogen and oxygen atoms in total. The van der Waals surface area contributed by atoms with Crippen molar-refractivity contribution in [2.24, 2.45) is 0 Å². The summed E-state index contributed by atoms with van der Waals surface area (Å²) in [6.45, 7) is 0. The van der Waals surface area contributed by atoms with Gasteiger partial charge in [-0.2, -0.15) is 0 Å². The molecular formula is C54H35N3S. The van der Waals surface area contributed by atoms with Crippen LogP contribution in [0.15, 0.2) is 212 Å². The fourth-order valence-electron chi connectivity index (χ4n) is 9.28. The molecule has 0 aliphatic carbocycles. The van der Waals surface area contributed by atoms with Gasteiger partial charge in [0.1, 0.15) is 0 Å². The van der Waals surface area contributed by atoms with Gasteiger partial charge in [-0.1, -0.05) is 140 Å². The molecule has 0 atom stereocenters. The molecule has 58 heavy (non-hydrogen) atoms. The number of hydrogen-bond donors (Lipinski definition) is 0. The van der Waals surface area contributed by atoms with Gasteiger partial charge in [0.15, 0.2) is 0 Å². The molecule has 12 aromatic rings. The van der Waals surface area contributed by atoms with Crippen LogP contribution in [0.1, 0.15) is 0 Å². The molecule has 0 spiro atoms. The Morgan fingerprint density at radius 3 is 1.62 bits per heavy atom. The van der Waals surface area contributed by atoms with Crippen LogP contribution in [0, 0.1) is 0 Å². The van der Waals surface area contributed by atoms with Gasteiger partial charge in [0.05, 0.1) is 27.8 Å². The average molecular weight is 758 g/mol. The molecule has 0 fully saturated rings. The van der Waals surface area contributed by atoms with Gasteiger partial charge < -0.3 is 14.0 Å². The Balaban J connectivity index is 1.30. The minimum atomic E-state index is 1.10. The van der Waals surface area contributed by atoms with Crippen LogP contribution in [0.4, 0.5) is 17.1 Å². The number of benzene rings is 9. The number of fused-ring (bicyclic) bond motifs is 12. The van der Waals surface area contributed by atoms with Crippen molar-refractivity contribution >= 4 is 92.2 Å². The van der Waals surface area contributed by atoms with E-state index in [9.17, 15) is 0 Å². The van der Waals surface area contributed by atoms with Gasteiger partial charge in [0, 0.05) is 70.0 Å². The molecule has 0 radical (unpaired) electrons. The summed E-state index contributed by atoms with van der Waals surface area (Å²) in [5.74, 6) is 0. The lowest BCUT2D eigenvalue weighted by Gasteiger charge is -2.28. The lowest BCUT2D eigenvalue weighted by atomic mass is 10.0. The second-order valence-corrected chi connectivity index (χ2v) is 15.9. The zero-order chi connectivity index (χ0) is 38.2. The maximum absolute atomic E-state index is 2.52. The van der Waals surface area contributed by atoms with Crippen LogP contribution in [-0.4, -0.2) is 9.13 Å². The highest BCUT2D eigenvalue weighted by atomic mass is 32.1. The monoisotopic (exact) mass is 757 g/mol. The van der Waals surface area contributed by atoms with Crippen molar-refractivity contribution in [2.75, 3.05) is 4.90 Å². The standard InChI is InChI=1S/C54H35N3S/c1-5-19-36(20-6-1)41-27-13-16-30-45(41)55(37-21-7-2-8-22-37)40-33-34-47-44(35-40)49-52-50(42-28-14-17-31-46(42)56(52)38-23-9-3-10-24-38)54-51(43-29-15-18-32-48(43)58-54)53(49)57(47)39-25-11-4-12-26-39/h1-35H. The van der Waals surface area contributed by atoms with E-state index in [4.69, 9.17) is 0 Å². The Bertz CT molecular complexity index is 3470. The summed E-state index contributed by atoms with van der Waals surface area (Å²) < 4.78 is 7.64. The lowest BCUT2D eigenvalue weighted by Crippen LogP contribution is -2.11. The molecule has 0 saturated heterocycles. The third kappa shape index (κ3) is 4.86. The topological polar surface area (TPSA) is 13.1 Å². The quantitative estimate of drug-likeness (QED) is 0.165. The third-order valence-electron chi connectivity index (χ3n) is 11.7. The van der Waals surface area contributed by atoms with E-state index in [0.717, 1.165) is 28.4 Å². The maximum atomic E-state index is 2.52. The van der Waals surface area contributed by atoms with E-state index < -0.39 is 0 Å². The Kier molecular flexibility index (Phi) is 7.40. The SMILES string of the molecule is c1ccc(-c2ccccc2N(c2ccccc2)c2ccc3c(c2)c2c4c(c5ccccc5n4-c4ccccc4)c4sc5ccccc5c4c2n3-c2ccccc2)cc1. The fourth-order valence-corrected chi connectivity index (χ4v) is 10.5. The van der Waals surface area contributed by atoms with E-state index in [1.807, 2.05) is 11.3 Å². The number of aromatic nitrogens is 2. The number of hydrogen-bond acceptors (Lipinski definition) is 2. The van der Waals surface area contributed by atoms with Crippen LogP contribution in [0.25, 0.3) is 86.3 Å². The summed E-state index contributed by atoms with van der Waals surface area (Å²) >= 11 is 1.91. The molecule has 3 heterocycles. The molecule has 3 aromatic heterocycles. The van der Waals surface area contributed by atoms with Crippen LogP contribution < -0.4 is 4.90 Å². The Labute approximate surface area is 339 Å². The third-order valence-corrected chi connectivity index (χ3v) is 12.8. The Morgan fingerprint density at radius 2 is 0.914 bits per heavy atom. The molecule has 9 aromatic carbocycles. The zero-order valence-electron chi connectivity index (χ0n) is 31.5. The van der Waals surface area contributed by atoms with Gasteiger partial charge in [-0.3, -0.25) is 0 Å². The molecule has 0 N–H and O–H groups in total. The van der Waals surface area contributed by atoms with Crippen LogP contribution in [0.3, 0.4) is 0 Å². The summed E-state index contributed by atoms with van der Waals surface area (Å²) in [5.41, 5.74) is 12.8. The van der Waals surface area contributed by atoms with Gasteiger partial charge in [-0.25, -0.2) is 0 Å². The summed E-state index contributed by atoms with van der Waals surface area (Å²) in [5, 5.41) is 7.60. The van der Waals surface area contributed by atoms with Crippen LogP contribution >= 0.6 is 11.3 Å². The minimum Gasteiger partial charge on any atom is -0.310 e. The first-order valence-electron chi connectivity index (χ1n) is 19.8. The van der Waals surface area contributed by atoms with Gasteiger partial charge in [-0.05, 0) is 78.4 Å². The predicted molar refractivity (Wildman–Crippen MR) is 248 cm³/mol. The molecule has 0 amide bonds. The number of anilines is 3. The molecule has 0 bridgehead atoms.